The van der Waals surface area contributed by atoms with Gasteiger partial charge in [-0.05, 0) is 56.7 Å². The van der Waals surface area contributed by atoms with E-state index >= 15 is 0 Å². The Kier molecular flexibility index (Phi) is 6.70. The Morgan fingerprint density at radius 2 is 2.06 bits per heavy atom. The fraction of sp³-hybridized carbons (Fsp3) is 0.423. The second kappa shape index (κ2) is 9.88. The van der Waals surface area contributed by atoms with Crippen LogP contribution in [0.15, 0.2) is 41.8 Å². The van der Waals surface area contributed by atoms with E-state index < -0.39 is 0 Å². The van der Waals surface area contributed by atoms with E-state index in [4.69, 9.17) is 10.1 Å². The molecule has 4 aromatic rings. The molecule has 1 N–H and O–H groups in total. The summed E-state index contributed by atoms with van der Waals surface area (Å²) in [7, 11) is 0. The quantitative estimate of drug-likeness (QED) is 0.341. The van der Waals surface area contributed by atoms with Gasteiger partial charge in [0, 0.05) is 18.0 Å². The Morgan fingerprint density at radius 3 is 2.79 bits per heavy atom. The minimum absolute atomic E-state index is 0.0187. The van der Waals surface area contributed by atoms with E-state index in [1.165, 1.54) is 10.4 Å². The zero-order chi connectivity index (χ0) is 23.7. The third kappa shape index (κ3) is 4.61. The summed E-state index contributed by atoms with van der Waals surface area (Å²) < 4.78 is 3.05. The van der Waals surface area contributed by atoms with E-state index in [0.717, 1.165) is 59.1 Å². The van der Waals surface area contributed by atoms with Crippen LogP contribution >= 0.6 is 22.7 Å². The summed E-state index contributed by atoms with van der Waals surface area (Å²) in [5.41, 5.74) is 4.13. The fourth-order valence-corrected chi connectivity index (χ4v) is 6.48. The summed E-state index contributed by atoms with van der Waals surface area (Å²) in [6.45, 7) is 7.94. The van der Waals surface area contributed by atoms with Crippen LogP contribution in [-0.2, 0) is 4.79 Å². The van der Waals surface area contributed by atoms with Gasteiger partial charge in [-0.2, -0.15) is 10.1 Å². The molecule has 6 nitrogen and oxygen atoms in total. The van der Waals surface area contributed by atoms with Crippen LogP contribution in [0.5, 0.6) is 0 Å². The van der Waals surface area contributed by atoms with Crippen molar-refractivity contribution in [1.29, 1.82) is 0 Å². The van der Waals surface area contributed by atoms with Gasteiger partial charge in [-0.25, -0.2) is 4.68 Å². The topological polar surface area (TPSA) is 63.1 Å². The molecular weight excluding hydrogens is 462 g/mol. The number of carbonyl (C=O) groups excluding carboxylic acids is 1. The molecule has 0 saturated carbocycles. The summed E-state index contributed by atoms with van der Waals surface area (Å²) in [6.07, 6.45) is 3.93. The molecule has 2 atom stereocenters. The van der Waals surface area contributed by atoms with Crippen molar-refractivity contribution in [3.8, 4) is 5.69 Å². The Hall–Kier alpha value is -2.71. The molecular formula is C26H31N5OS2. The van der Waals surface area contributed by atoms with Crippen LogP contribution in [0.3, 0.4) is 0 Å². The second-order valence-corrected chi connectivity index (χ2v) is 11.1. The molecule has 5 rings (SSSR count). The maximum absolute atomic E-state index is 13.2. The Labute approximate surface area is 208 Å². The molecule has 4 heterocycles. The van der Waals surface area contributed by atoms with Gasteiger partial charge in [0.15, 0.2) is 10.8 Å². The molecule has 0 aliphatic carbocycles. The lowest BCUT2D eigenvalue weighted by molar-refractivity contribution is -0.126. The third-order valence-corrected chi connectivity index (χ3v) is 8.70. The average molecular weight is 494 g/mol. The highest BCUT2D eigenvalue weighted by molar-refractivity contribution is 7.22. The number of fused-ring (bicyclic) bond motifs is 1. The number of amides is 1. The first-order valence-corrected chi connectivity index (χ1v) is 13.7. The first-order chi connectivity index (χ1) is 16.5. The van der Waals surface area contributed by atoms with E-state index in [9.17, 15) is 4.79 Å². The van der Waals surface area contributed by atoms with E-state index in [1.54, 1.807) is 22.7 Å². The molecule has 0 unspecified atom stereocenters. The lowest BCUT2D eigenvalue weighted by Crippen LogP contribution is -2.44. The standard InChI is InChI=1S/C26H31N5OS2/c1-4-7-21(22-9-6-15-33-22)27-25(32)19-8-5-14-30(16-19)26-28-24-23(34-26)18(3)29-31(24)20-12-10-17(2)11-13-20/h6,9-13,15,19,21H,4-5,7-8,14,16H2,1-3H3,(H,27,32)/t19-,21-/m0/s1. The van der Waals surface area contributed by atoms with Crippen LogP contribution in [0.2, 0.25) is 0 Å². The van der Waals surface area contributed by atoms with Crippen molar-refractivity contribution in [2.45, 2.75) is 52.5 Å². The molecule has 0 bridgehead atoms. The number of nitrogens with zero attached hydrogens (tertiary/aromatic N) is 4. The maximum atomic E-state index is 13.2. The minimum atomic E-state index is -0.0187. The van der Waals surface area contributed by atoms with Gasteiger partial charge in [-0.1, -0.05) is 48.4 Å². The van der Waals surface area contributed by atoms with Gasteiger partial charge in [-0.15, -0.1) is 11.3 Å². The van der Waals surface area contributed by atoms with Crippen molar-refractivity contribution in [2.75, 3.05) is 18.0 Å². The molecule has 3 aromatic heterocycles. The van der Waals surface area contributed by atoms with Gasteiger partial charge in [-0.3, -0.25) is 4.79 Å². The highest BCUT2D eigenvalue weighted by Gasteiger charge is 2.30. The number of aromatic nitrogens is 3. The second-order valence-electron chi connectivity index (χ2n) is 9.13. The number of thiazole rings is 1. The summed E-state index contributed by atoms with van der Waals surface area (Å²) in [4.78, 5) is 21.8. The van der Waals surface area contributed by atoms with E-state index in [0.29, 0.717) is 6.54 Å². The molecule has 1 aromatic carbocycles. The number of benzene rings is 1. The molecule has 1 amide bonds. The molecule has 1 saturated heterocycles. The van der Waals surface area contributed by atoms with Gasteiger partial charge in [0.1, 0.15) is 0 Å². The highest BCUT2D eigenvalue weighted by Crippen LogP contribution is 2.35. The number of nitrogens with one attached hydrogen (secondary N) is 1. The number of thiophene rings is 1. The van der Waals surface area contributed by atoms with Crippen LogP contribution in [-0.4, -0.2) is 33.8 Å². The van der Waals surface area contributed by atoms with E-state index in [-0.39, 0.29) is 17.9 Å². The molecule has 34 heavy (non-hydrogen) atoms. The fourth-order valence-electron chi connectivity index (χ4n) is 4.64. The number of piperidine rings is 1. The molecule has 1 fully saturated rings. The van der Waals surface area contributed by atoms with Crippen LogP contribution < -0.4 is 10.2 Å². The Bertz CT molecular complexity index is 1260. The third-order valence-electron chi connectivity index (χ3n) is 6.50. The van der Waals surface area contributed by atoms with Crippen LogP contribution in [0, 0.1) is 19.8 Å². The van der Waals surface area contributed by atoms with Crippen molar-refractivity contribution in [1.82, 2.24) is 20.1 Å². The van der Waals surface area contributed by atoms with E-state index in [1.807, 2.05) is 11.6 Å². The van der Waals surface area contributed by atoms with Crippen LogP contribution in [0.1, 0.15) is 54.8 Å². The summed E-state index contributed by atoms with van der Waals surface area (Å²) in [5, 5.41) is 11.1. The van der Waals surface area contributed by atoms with Crippen molar-refractivity contribution in [2.24, 2.45) is 5.92 Å². The number of aryl methyl sites for hydroxylation is 2. The first kappa shape index (κ1) is 23.1. The summed E-state index contributed by atoms with van der Waals surface area (Å²) >= 11 is 3.40. The minimum Gasteiger partial charge on any atom is -0.348 e. The Morgan fingerprint density at radius 1 is 1.24 bits per heavy atom. The monoisotopic (exact) mass is 493 g/mol. The van der Waals surface area contributed by atoms with Crippen molar-refractivity contribution >= 4 is 44.1 Å². The normalized spacial score (nSPS) is 17.3. The number of hydrogen-bond acceptors (Lipinski definition) is 6. The van der Waals surface area contributed by atoms with Gasteiger partial charge in [0.2, 0.25) is 5.91 Å². The molecule has 178 valence electrons. The van der Waals surface area contributed by atoms with Gasteiger partial charge >= 0.3 is 0 Å². The van der Waals surface area contributed by atoms with E-state index in [2.05, 4.69) is 65.8 Å². The summed E-state index contributed by atoms with van der Waals surface area (Å²) in [5.74, 6) is 0.148. The zero-order valence-corrected chi connectivity index (χ0v) is 21.6. The molecule has 0 radical (unpaired) electrons. The number of carbonyl (C=O) groups is 1. The lowest BCUT2D eigenvalue weighted by atomic mass is 9.96. The SMILES string of the molecule is CCC[C@H](NC(=O)[C@H]1CCCN(c2nc3c(s2)c(C)nn3-c2ccc(C)cc2)C1)c1cccs1. The van der Waals surface area contributed by atoms with Gasteiger partial charge in [0.25, 0.3) is 0 Å². The zero-order valence-electron chi connectivity index (χ0n) is 20.0. The maximum Gasteiger partial charge on any atom is 0.225 e. The lowest BCUT2D eigenvalue weighted by Gasteiger charge is -2.32. The predicted octanol–water partition coefficient (Wildman–Crippen LogP) is 6.03. The molecule has 1 aliphatic heterocycles. The van der Waals surface area contributed by atoms with Crippen LogP contribution in [0.25, 0.3) is 16.0 Å². The highest BCUT2D eigenvalue weighted by atomic mass is 32.1. The molecule has 1 aliphatic rings. The smallest absolute Gasteiger partial charge is 0.225 e. The number of hydrogen-bond donors (Lipinski definition) is 1. The van der Waals surface area contributed by atoms with Crippen LogP contribution in [0.4, 0.5) is 5.13 Å². The first-order valence-electron chi connectivity index (χ1n) is 12.1. The van der Waals surface area contributed by atoms with Crippen molar-refractivity contribution in [3.63, 3.8) is 0 Å². The van der Waals surface area contributed by atoms with Gasteiger partial charge < -0.3 is 10.2 Å². The van der Waals surface area contributed by atoms with Crippen molar-refractivity contribution in [3.05, 3.63) is 57.9 Å². The Balaban J connectivity index is 1.34. The number of anilines is 1. The molecule has 0 spiro atoms. The average Bonchev–Trinajstić information content (AvgIpc) is 3.58. The van der Waals surface area contributed by atoms with Gasteiger partial charge in [0.05, 0.1) is 28.0 Å². The largest absolute Gasteiger partial charge is 0.348 e. The van der Waals surface area contributed by atoms with Crippen molar-refractivity contribution < 1.29 is 4.79 Å². The molecule has 8 heteroatoms. The predicted molar refractivity (Wildman–Crippen MR) is 141 cm³/mol. The summed E-state index contributed by atoms with van der Waals surface area (Å²) in [6, 6.07) is 12.7. The number of rotatable bonds is 7.